The molecule has 3 aromatic carbocycles. The normalized spacial score (nSPS) is 10.7. The summed E-state index contributed by atoms with van der Waals surface area (Å²) in [5, 5.41) is 25.9. The molecule has 1 heterocycles. The number of nitrogens with zero attached hydrogens (tertiary/aromatic N) is 4. The predicted molar refractivity (Wildman–Crippen MR) is 139 cm³/mol. The van der Waals surface area contributed by atoms with Gasteiger partial charge in [-0.1, -0.05) is 53.7 Å². The number of anilines is 1. The molecule has 0 spiro atoms. The zero-order valence-electron chi connectivity index (χ0n) is 18.6. The van der Waals surface area contributed by atoms with Crippen LogP contribution in [0.1, 0.15) is 17.0 Å². The standard InChI is InChI=1S/C24H21BrN6O3S/c1-16-5-4-6-17(13-16)15-35-24-29-28-22(30(24)18-9-11-19(12-10-18)31(33)34)14-26-23(32)27-21-8-3-2-7-20(21)25/h2-13H,14-15H2,1H3,(H2,26,27,32). The minimum Gasteiger partial charge on any atom is -0.331 e. The second-order valence-corrected chi connectivity index (χ2v) is 9.37. The third-order valence-corrected chi connectivity index (χ3v) is 6.69. The number of aromatic nitrogens is 3. The summed E-state index contributed by atoms with van der Waals surface area (Å²) in [6.07, 6.45) is 0. The van der Waals surface area contributed by atoms with E-state index < -0.39 is 11.0 Å². The van der Waals surface area contributed by atoms with Crippen LogP contribution in [0.4, 0.5) is 16.2 Å². The fourth-order valence-corrected chi connectivity index (χ4v) is 4.63. The van der Waals surface area contributed by atoms with E-state index in [2.05, 4.69) is 42.8 Å². The highest BCUT2D eigenvalue weighted by Crippen LogP contribution is 2.27. The summed E-state index contributed by atoms with van der Waals surface area (Å²) < 4.78 is 2.56. The zero-order valence-corrected chi connectivity index (χ0v) is 21.0. The number of carbonyl (C=O) groups is 1. The Morgan fingerprint density at radius 1 is 1.09 bits per heavy atom. The molecular formula is C24H21BrN6O3S. The summed E-state index contributed by atoms with van der Waals surface area (Å²) in [5.41, 5.74) is 3.59. The van der Waals surface area contributed by atoms with Crippen molar-refractivity contribution in [2.75, 3.05) is 5.32 Å². The molecule has 0 unspecified atom stereocenters. The molecule has 4 aromatic rings. The Bertz CT molecular complexity index is 1360. The molecule has 0 aliphatic carbocycles. The molecule has 11 heteroatoms. The van der Waals surface area contributed by atoms with E-state index in [-0.39, 0.29) is 12.2 Å². The van der Waals surface area contributed by atoms with Crippen molar-refractivity contribution in [3.05, 3.63) is 104 Å². The number of nitro benzene ring substituents is 1. The maximum atomic E-state index is 12.5. The summed E-state index contributed by atoms with van der Waals surface area (Å²) in [4.78, 5) is 23.1. The van der Waals surface area contributed by atoms with Crippen LogP contribution in [0.5, 0.6) is 0 Å². The molecule has 1 aromatic heterocycles. The van der Waals surface area contributed by atoms with E-state index in [4.69, 9.17) is 0 Å². The molecule has 0 aliphatic heterocycles. The van der Waals surface area contributed by atoms with Crippen molar-refractivity contribution in [3.8, 4) is 5.69 Å². The largest absolute Gasteiger partial charge is 0.331 e. The lowest BCUT2D eigenvalue weighted by Crippen LogP contribution is -2.29. The van der Waals surface area contributed by atoms with Crippen molar-refractivity contribution < 1.29 is 9.72 Å². The molecule has 0 radical (unpaired) electrons. The summed E-state index contributed by atoms with van der Waals surface area (Å²) >= 11 is 4.90. The lowest BCUT2D eigenvalue weighted by molar-refractivity contribution is -0.384. The predicted octanol–water partition coefficient (Wildman–Crippen LogP) is 5.86. The maximum Gasteiger partial charge on any atom is 0.319 e. The number of urea groups is 1. The number of hydrogen-bond donors (Lipinski definition) is 2. The van der Waals surface area contributed by atoms with Crippen molar-refractivity contribution >= 4 is 45.1 Å². The number of hydrogen-bond acceptors (Lipinski definition) is 6. The molecule has 2 amide bonds. The fourth-order valence-electron chi connectivity index (χ4n) is 3.33. The van der Waals surface area contributed by atoms with Crippen molar-refractivity contribution in [2.24, 2.45) is 0 Å². The Morgan fingerprint density at radius 3 is 2.57 bits per heavy atom. The van der Waals surface area contributed by atoms with E-state index in [1.165, 1.54) is 29.5 Å². The first-order chi connectivity index (χ1) is 16.9. The molecule has 9 nitrogen and oxygen atoms in total. The highest BCUT2D eigenvalue weighted by Gasteiger charge is 2.17. The van der Waals surface area contributed by atoms with E-state index in [9.17, 15) is 14.9 Å². The average Bonchev–Trinajstić information content (AvgIpc) is 3.26. The molecular weight excluding hydrogens is 532 g/mol. The maximum absolute atomic E-state index is 12.5. The van der Waals surface area contributed by atoms with Gasteiger partial charge >= 0.3 is 6.03 Å². The molecule has 35 heavy (non-hydrogen) atoms. The molecule has 0 saturated carbocycles. The van der Waals surface area contributed by atoms with Gasteiger partial charge in [0, 0.05) is 28.0 Å². The van der Waals surface area contributed by atoms with E-state index in [0.29, 0.717) is 28.1 Å². The molecule has 2 N–H and O–H groups in total. The van der Waals surface area contributed by atoms with Crippen LogP contribution in [0, 0.1) is 17.0 Å². The minimum absolute atomic E-state index is 0.0109. The van der Waals surface area contributed by atoms with Gasteiger partial charge in [0.2, 0.25) is 0 Å². The Balaban J connectivity index is 1.55. The van der Waals surface area contributed by atoms with Gasteiger partial charge in [-0.3, -0.25) is 14.7 Å². The number of non-ortho nitro benzene ring substituents is 1. The van der Waals surface area contributed by atoms with Crippen LogP contribution in [0.25, 0.3) is 5.69 Å². The second-order valence-electron chi connectivity index (χ2n) is 7.57. The number of para-hydroxylation sites is 1. The summed E-state index contributed by atoms with van der Waals surface area (Å²) in [7, 11) is 0. The molecule has 0 aliphatic rings. The number of nitrogens with one attached hydrogen (secondary N) is 2. The van der Waals surface area contributed by atoms with Gasteiger partial charge in [0.15, 0.2) is 11.0 Å². The number of amides is 2. The fraction of sp³-hybridized carbons (Fsp3) is 0.125. The summed E-state index contributed by atoms with van der Waals surface area (Å²) in [6.45, 7) is 2.14. The third kappa shape index (κ3) is 6.25. The molecule has 0 atom stereocenters. The quantitative estimate of drug-likeness (QED) is 0.161. The van der Waals surface area contributed by atoms with Gasteiger partial charge in [-0.2, -0.15) is 0 Å². The van der Waals surface area contributed by atoms with E-state index in [1.807, 2.05) is 43.3 Å². The summed E-state index contributed by atoms with van der Waals surface area (Å²) in [6, 6.07) is 21.2. The van der Waals surface area contributed by atoms with Crippen molar-refractivity contribution in [1.82, 2.24) is 20.1 Å². The number of halogens is 1. The van der Waals surface area contributed by atoms with Crippen molar-refractivity contribution in [2.45, 2.75) is 24.4 Å². The van der Waals surface area contributed by atoms with Gasteiger partial charge in [0.05, 0.1) is 17.2 Å². The van der Waals surface area contributed by atoms with E-state index in [0.717, 1.165) is 10.0 Å². The lowest BCUT2D eigenvalue weighted by Gasteiger charge is -2.12. The van der Waals surface area contributed by atoms with Crippen LogP contribution in [-0.4, -0.2) is 25.7 Å². The monoisotopic (exact) mass is 552 g/mol. The Hall–Kier alpha value is -3.70. The Morgan fingerprint density at radius 2 is 1.86 bits per heavy atom. The lowest BCUT2D eigenvalue weighted by atomic mass is 10.2. The van der Waals surface area contributed by atoms with Gasteiger partial charge < -0.3 is 10.6 Å². The highest BCUT2D eigenvalue weighted by molar-refractivity contribution is 9.10. The number of thioether (sulfide) groups is 1. The molecule has 0 fully saturated rings. The third-order valence-electron chi connectivity index (χ3n) is 5.00. The molecule has 4 rings (SSSR count). The minimum atomic E-state index is -0.447. The average molecular weight is 553 g/mol. The summed E-state index contributed by atoms with van der Waals surface area (Å²) in [5.74, 6) is 1.16. The number of nitro groups is 1. The number of carbonyl (C=O) groups excluding carboxylic acids is 1. The van der Waals surface area contributed by atoms with Gasteiger partial charge in [0.1, 0.15) is 0 Å². The first-order valence-electron chi connectivity index (χ1n) is 10.6. The van der Waals surface area contributed by atoms with Gasteiger partial charge in [-0.25, -0.2) is 4.79 Å². The van der Waals surface area contributed by atoms with E-state index >= 15 is 0 Å². The van der Waals surface area contributed by atoms with Crippen LogP contribution < -0.4 is 10.6 Å². The van der Waals surface area contributed by atoms with Crippen molar-refractivity contribution in [1.29, 1.82) is 0 Å². The van der Waals surface area contributed by atoms with Crippen LogP contribution in [0.3, 0.4) is 0 Å². The van der Waals surface area contributed by atoms with Gasteiger partial charge in [-0.05, 0) is 52.7 Å². The Labute approximate surface area is 214 Å². The zero-order chi connectivity index (χ0) is 24.8. The van der Waals surface area contributed by atoms with Crippen LogP contribution >= 0.6 is 27.7 Å². The molecule has 0 bridgehead atoms. The first-order valence-corrected chi connectivity index (χ1v) is 12.4. The first kappa shape index (κ1) is 24.4. The smallest absolute Gasteiger partial charge is 0.319 e. The number of rotatable bonds is 8. The Kier molecular flexibility index (Phi) is 7.78. The number of benzene rings is 3. The van der Waals surface area contributed by atoms with E-state index in [1.54, 1.807) is 22.8 Å². The van der Waals surface area contributed by atoms with Crippen LogP contribution in [-0.2, 0) is 12.3 Å². The molecule has 178 valence electrons. The second kappa shape index (κ2) is 11.2. The van der Waals surface area contributed by atoms with Gasteiger partial charge in [-0.15, -0.1) is 10.2 Å². The highest BCUT2D eigenvalue weighted by atomic mass is 79.9. The van der Waals surface area contributed by atoms with Crippen LogP contribution in [0.2, 0.25) is 0 Å². The van der Waals surface area contributed by atoms with Crippen LogP contribution in [0.15, 0.2) is 82.4 Å². The number of aryl methyl sites for hydroxylation is 1. The molecule has 0 saturated heterocycles. The van der Waals surface area contributed by atoms with Gasteiger partial charge in [0.25, 0.3) is 5.69 Å². The SMILES string of the molecule is Cc1cccc(CSc2nnc(CNC(=O)Nc3ccccc3Br)n2-c2ccc([N+](=O)[O-])cc2)c1. The van der Waals surface area contributed by atoms with Crippen molar-refractivity contribution in [3.63, 3.8) is 0 Å². The topological polar surface area (TPSA) is 115 Å².